The Morgan fingerprint density at radius 3 is 2.59 bits per heavy atom. The first-order chi connectivity index (χ1) is 13.7. The van der Waals surface area contributed by atoms with E-state index >= 15 is 0 Å². The van der Waals surface area contributed by atoms with Gasteiger partial charge in [-0.3, -0.25) is 4.40 Å². The fourth-order valence-electron chi connectivity index (χ4n) is 2.95. The largest absolute Gasteiger partial charge is 0.397 e. The van der Waals surface area contributed by atoms with E-state index in [-0.39, 0.29) is 10.9 Å². The number of aliphatic imine (C=N–C) groups is 1. The number of hydrogen-bond acceptors (Lipinski definition) is 6. The Balaban J connectivity index is 2.15. The molecule has 0 amide bonds. The summed E-state index contributed by atoms with van der Waals surface area (Å²) in [6.45, 7) is 6.17. The van der Waals surface area contributed by atoms with Crippen molar-refractivity contribution in [3.05, 3.63) is 50.3 Å². The third-order valence-electron chi connectivity index (χ3n) is 4.44. The normalized spacial score (nSPS) is 13.8. The second-order valence-corrected chi connectivity index (χ2v) is 9.31. The number of amidine groups is 1. The molecule has 0 fully saturated rings. The number of nitrogens with one attached hydrogen (secondary N) is 1. The molecule has 0 aliphatic carbocycles. The first-order valence-electron chi connectivity index (χ1n) is 8.81. The van der Waals surface area contributed by atoms with Crippen molar-refractivity contribution in [1.29, 1.82) is 5.26 Å². The summed E-state index contributed by atoms with van der Waals surface area (Å²) in [5.74, 6) is 1.98. The van der Waals surface area contributed by atoms with Gasteiger partial charge < -0.3 is 11.1 Å². The monoisotopic (exact) mass is 513 g/mol. The smallest absolute Gasteiger partial charge is 0.176 e. The van der Waals surface area contributed by atoms with E-state index in [1.165, 1.54) is 0 Å². The molecule has 0 unspecified atom stereocenters. The van der Waals surface area contributed by atoms with Gasteiger partial charge in [-0.25, -0.2) is 15.0 Å². The number of nitrogens with zero attached hydrogens (tertiary/aromatic N) is 5. The van der Waals surface area contributed by atoms with Crippen LogP contribution < -0.4 is 16.5 Å². The van der Waals surface area contributed by atoms with Crippen LogP contribution >= 0.6 is 31.9 Å². The highest BCUT2D eigenvalue weighted by atomic mass is 79.9. The topological polar surface area (TPSA) is 104 Å². The Hall–Kier alpha value is -2.70. The number of pyridine rings is 1. The van der Waals surface area contributed by atoms with Crippen molar-refractivity contribution in [2.24, 2.45) is 15.4 Å². The lowest BCUT2D eigenvalue weighted by Crippen LogP contribution is -2.33. The number of hydrogen-bond donors (Lipinski definition) is 2. The fraction of sp³-hybridized carbons (Fsp3) is 0.200. The standard InChI is InChI=1S/C20H17Br2N7/c1-20(2,3)19-27-16-10(9-23)15(25-14-7-5-4-6-13(14)24)26-17-11(21)8-12(22)18(28-19)29(16)17/h4-8H,24H2,1-3H3,(H,27,28). The molecule has 0 saturated heterocycles. The molecule has 3 aromatic rings. The van der Waals surface area contributed by atoms with Crippen LogP contribution in [-0.2, 0) is 0 Å². The van der Waals surface area contributed by atoms with E-state index in [9.17, 15) is 5.26 Å². The van der Waals surface area contributed by atoms with Gasteiger partial charge in [0.2, 0.25) is 0 Å². The maximum absolute atomic E-state index is 9.98. The molecule has 1 aliphatic heterocycles. The molecule has 1 aromatic carbocycles. The highest BCUT2D eigenvalue weighted by molar-refractivity contribution is 9.11. The van der Waals surface area contributed by atoms with Gasteiger partial charge in [-0.05, 0) is 50.1 Å². The predicted octanol–water partition coefficient (Wildman–Crippen LogP) is 5.05. The van der Waals surface area contributed by atoms with Gasteiger partial charge in [-0.2, -0.15) is 5.26 Å². The zero-order chi connectivity index (χ0) is 20.9. The van der Waals surface area contributed by atoms with Gasteiger partial charge >= 0.3 is 0 Å². The molecule has 3 heterocycles. The molecule has 3 N–H and O–H groups in total. The maximum atomic E-state index is 9.98. The first-order valence-corrected chi connectivity index (χ1v) is 10.4. The summed E-state index contributed by atoms with van der Waals surface area (Å²) in [4.78, 5) is 14.0. The molecular formula is C20H17Br2N7. The molecule has 0 radical (unpaired) electrons. The van der Waals surface area contributed by atoms with Crippen LogP contribution in [0.1, 0.15) is 26.3 Å². The zero-order valence-electron chi connectivity index (χ0n) is 16.0. The maximum Gasteiger partial charge on any atom is 0.176 e. The number of halogens is 2. The van der Waals surface area contributed by atoms with E-state index < -0.39 is 0 Å². The number of aromatic nitrogens is 2. The Labute approximate surface area is 184 Å². The second kappa shape index (κ2) is 6.97. The van der Waals surface area contributed by atoms with Crippen molar-refractivity contribution in [2.75, 3.05) is 11.1 Å². The summed E-state index contributed by atoms with van der Waals surface area (Å²) >= 11 is 7.15. The number of rotatable bonds is 1. The van der Waals surface area contributed by atoms with E-state index in [0.29, 0.717) is 34.2 Å². The lowest BCUT2D eigenvalue weighted by atomic mass is 9.94. The molecule has 0 spiro atoms. The van der Waals surface area contributed by atoms with Gasteiger partial charge in [0.05, 0.1) is 20.3 Å². The van der Waals surface area contributed by atoms with Gasteiger partial charge in [0.15, 0.2) is 17.0 Å². The van der Waals surface area contributed by atoms with Crippen molar-refractivity contribution >= 4 is 66.4 Å². The number of anilines is 2. The van der Waals surface area contributed by atoms with Crippen molar-refractivity contribution in [3.63, 3.8) is 0 Å². The molecule has 29 heavy (non-hydrogen) atoms. The minimum Gasteiger partial charge on any atom is -0.397 e. The van der Waals surface area contributed by atoms with Gasteiger partial charge in [0, 0.05) is 5.41 Å². The fourth-order valence-corrected chi connectivity index (χ4v) is 4.25. The van der Waals surface area contributed by atoms with Crippen molar-refractivity contribution in [1.82, 2.24) is 9.38 Å². The number of nitriles is 1. The van der Waals surface area contributed by atoms with E-state index in [1.54, 1.807) is 12.1 Å². The molecule has 146 valence electrons. The lowest BCUT2D eigenvalue weighted by molar-refractivity contribution is 0.587. The summed E-state index contributed by atoms with van der Waals surface area (Å²) in [5.41, 5.74) is 8.06. The van der Waals surface area contributed by atoms with Gasteiger partial charge in [0.25, 0.3) is 0 Å². The van der Waals surface area contributed by atoms with E-state index in [2.05, 4.69) is 74.0 Å². The summed E-state index contributed by atoms with van der Waals surface area (Å²) in [6.07, 6.45) is 0. The second-order valence-electron chi connectivity index (χ2n) is 7.60. The van der Waals surface area contributed by atoms with Crippen molar-refractivity contribution < 1.29 is 0 Å². The Kier molecular flexibility index (Phi) is 4.71. The summed E-state index contributed by atoms with van der Waals surface area (Å²) in [7, 11) is 0. The molecule has 2 aromatic heterocycles. The third kappa shape index (κ3) is 3.32. The van der Waals surface area contributed by atoms with Crippen LogP contribution in [0.5, 0.6) is 0 Å². The number of nitrogen functional groups attached to an aromatic ring is 1. The highest BCUT2D eigenvalue weighted by Gasteiger charge is 2.28. The molecule has 4 rings (SSSR count). The molecule has 0 saturated carbocycles. The first kappa shape index (κ1) is 19.6. The average molecular weight is 515 g/mol. The summed E-state index contributed by atoms with van der Waals surface area (Å²) in [5, 5.41) is 13.3. The Morgan fingerprint density at radius 2 is 1.93 bits per heavy atom. The van der Waals surface area contributed by atoms with Crippen LogP contribution in [0.25, 0.3) is 5.65 Å². The minimum atomic E-state index is -0.256. The Morgan fingerprint density at radius 1 is 1.21 bits per heavy atom. The third-order valence-corrected chi connectivity index (χ3v) is 5.61. The van der Waals surface area contributed by atoms with Crippen molar-refractivity contribution in [2.45, 2.75) is 20.8 Å². The van der Waals surface area contributed by atoms with E-state index in [4.69, 9.17) is 10.7 Å². The van der Waals surface area contributed by atoms with Crippen LogP contribution in [0, 0.1) is 16.7 Å². The van der Waals surface area contributed by atoms with Gasteiger partial charge in [-0.1, -0.05) is 32.9 Å². The molecule has 9 heteroatoms. The number of para-hydroxylation sites is 2. The van der Waals surface area contributed by atoms with Crippen LogP contribution in [0.4, 0.5) is 23.0 Å². The van der Waals surface area contributed by atoms with Gasteiger partial charge in [-0.15, -0.1) is 0 Å². The van der Waals surface area contributed by atoms with E-state index in [1.807, 2.05) is 22.6 Å². The lowest BCUT2D eigenvalue weighted by Gasteiger charge is -2.29. The SMILES string of the molecule is CC(C)(C)C1=Nc2c(Br)cc(Br)c3nc(=Nc4ccccc4N)c(C#N)c(n23)N1. The number of benzene rings is 1. The zero-order valence-corrected chi connectivity index (χ0v) is 19.1. The number of nitrogens with two attached hydrogens (primary N) is 1. The molecule has 0 bridgehead atoms. The highest BCUT2D eigenvalue weighted by Crippen LogP contribution is 2.38. The van der Waals surface area contributed by atoms with Crippen LogP contribution in [0.3, 0.4) is 0 Å². The summed E-state index contributed by atoms with van der Waals surface area (Å²) in [6, 6.07) is 11.4. The van der Waals surface area contributed by atoms with Crippen LogP contribution in [0.15, 0.2) is 49.3 Å². The predicted molar refractivity (Wildman–Crippen MR) is 122 cm³/mol. The van der Waals surface area contributed by atoms with Crippen LogP contribution in [-0.4, -0.2) is 15.2 Å². The van der Waals surface area contributed by atoms with E-state index in [0.717, 1.165) is 14.8 Å². The average Bonchev–Trinajstić information content (AvgIpc) is 2.66. The molecule has 1 aliphatic rings. The molecular weight excluding hydrogens is 498 g/mol. The Bertz CT molecular complexity index is 1310. The molecule has 7 nitrogen and oxygen atoms in total. The summed E-state index contributed by atoms with van der Waals surface area (Å²) < 4.78 is 3.34. The molecule has 0 atom stereocenters. The quantitative estimate of drug-likeness (QED) is 0.443. The van der Waals surface area contributed by atoms with Crippen molar-refractivity contribution in [3.8, 4) is 6.07 Å². The van der Waals surface area contributed by atoms with Gasteiger partial charge in [0.1, 0.15) is 23.3 Å². The minimum absolute atomic E-state index is 0.256. The van der Waals surface area contributed by atoms with Crippen LogP contribution in [0.2, 0.25) is 0 Å².